The van der Waals surface area contributed by atoms with Crippen molar-refractivity contribution in [1.29, 1.82) is 0 Å². The fourth-order valence-electron chi connectivity index (χ4n) is 3.16. The van der Waals surface area contributed by atoms with Gasteiger partial charge in [-0.2, -0.15) is 15.1 Å². The van der Waals surface area contributed by atoms with E-state index in [0.717, 1.165) is 30.4 Å². The number of aryl methyl sites for hydroxylation is 1. The molecule has 7 heteroatoms. The van der Waals surface area contributed by atoms with Gasteiger partial charge in [-0.1, -0.05) is 30.3 Å². The van der Waals surface area contributed by atoms with Gasteiger partial charge in [-0.15, -0.1) is 0 Å². The van der Waals surface area contributed by atoms with Gasteiger partial charge in [-0.3, -0.25) is 4.68 Å². The standard InChI is InChI=1S/C17H20N6O/c1-23-16-12(10-19-23)15(18)21-17(22-16)20-14(13-8-5-9-24-13)11-6-3-2-4-7-11/h2-4,6-7,10,13-14H,5,8-9H2,1H3,(H3,18,20,21,22)/t13-,14+/m1/s1. The van der Waals surface area contributed by atoms with Crippen LogP contribution in [-0.2, 0) is 11.8 Å². The molecule has 1 aliphatic heterocycles. The van der Waals surface area contributed by atoms with Crippen LogP contribution < -0.4 is 11.1 Å². The van der Waals surface area contributed by atoms with Crippen molar-refractivity contribution in [3.8, 4) is 0 Å². The summed E-state index contributed by atoms with van der Waals surface area (Å²) in [6.45, 7) is 0.791. The molecular formula is C17H20N6O. The Labute approximate surface area is 139 Å². The van der Waals surface area contributed by atoms with Gasteiger partial charge < -0.3 is 15.8 Å². The Morgan fingerprint density at radius 1 is 1.29 bits per heavy atom. The van der Waals surface area contributed by atoms with E-state index in [1.807, 2.05) is 25.2 Å². The number of nitrogens with one attached hydrogen (secondary N) is 1. The Balaban J connectivity index is 1.70. The maximum atomic E-state index is 6.06. The second-order valence-electron chi connectivity index (χ2n) is 6.02. The number of benzene rings is 1. The molecule has 124 valence electrons. The highest BCUT2D eigenvalue weighted by Crippen LogP contribution is 2.30. The fraction of sp³-hybridized carbons (Fsp3) is 0.353. The lowest BCUT2D eigenvalue weighted by Crippen LogP contribution is -2.26. The van der Waals surface area contributed by atoms with Crippen molar-refractivity contribution < 1.29 is 4.74 Å². The number of aromatic nitrogens is 4. The molecule has 3 aromatic rings. The van der Waals surface area contributed by atoms with Gasteiger partial charge in [0, 0.05) is 13.7 Å². The summed E-state index contributed by atoms with van der Waals surface area (Å²) >= 11 is 0. The summed E-state index contributed by atoms with van der Waals surface area (Å²) in [5.41, 5.74) is 7.92. The second kappa shape index (κ2) is 6.09. The normalized spacial score (nSPS) is 18.8. The van der Waals surface area contributed by atoms with E-state index in [9.17, 15) is 0 Å². The van der Waals surface area contributed by atoms with Crippen molar-refractivity contribution in [3.63, 3.8) is 0 Å². The van der Waals surface area contributed by atoms with Gasteiger partial charge in [0.1, 0.15) is 5.82 Å². The van der Waals surface area contributed by atoms with Crippen LogP contribution in [0.5, 0.6) is 0 Å². The zero-order valence-electron chi connectivity index (χ0n) is 13.5. The predicted octanol–water partition coefficient (Wildman–Crippen LogP) is 2.28. The van der Waals surface area contributed by atoms with Gasteiger partial charge in [0.05, 0.1) is 23.7 Å². The van der Waals surface area contributed by atoms with E-state index < -0.39 is 0 Å². The molecule has 0 unspecified atom stereocenters. The lowest BCUT2D eigenvalue weighted by atomic mass is 9.99. The fourth-order valence-corrected chi connectivity index (χ4v) is 3.16. The van der Waals surface area contributed by atoms with Crippen LogP contribution in [0.3, 0.4) is 0 Å². The molecule has 24 heavy (non-hydrogen) atoms. The van der Waals surface area contributed by atoms with Crippen LogP contribution >= 0.6 is 0 Å². The van der Waals surface area contributed by atoms with Crippen LogP contribution in [0.15, 0.2) is 36.5 Å². The SMILES string of the molecule is Cn1ncc2c(N)nc(N[C@@H](c3ccccc3)[C@H]3CCCO3)nc21. The van der Waals surface area contributed by atoms with Gasteiger partial charge in [0.2, 0.25) is 5.95 Å². The number of ether oxygens (including phenoxy) is 1. The third-order valence-electron chi connectivity index (χ3n) is 4.40. The van der Waals surface area contributed by atoms with Crippen LogP contribution in [0, 0.1) is 0 Å². The molecule has 0 aliphatic carbocycles. The summed E-state index contributed by atoms with van der Waals surface area (Å²) in [6, 6.07) is 10.2. The first-order chi connectivity index (χ1) is 11.7. The minimum absolute atomic E-state index is 0.0150. The van der Waals surface area contributed by atoms with Gasteiger partial charge in [0.15, 0.2) is 5.65 Å². The van der Waals surface area contributed by atoms with Crippen LogP contribution in [0.1, 0.15) is 24.4 Å². The molecule has 3 heterocycles. The minimum atomic E-state index is -0.0150. The van der Waals surface area contributed by atoms with Gasteiger partial charge in [-0.05, 0) is 18.4 Å². The van der Waals surface area contributed by atoms with Crippen LogP contribution in [0.4, 0.5) is 11.8 Å². The Bertz CT molecular complexity index is 841. The third kappa shape index (κ3) is 2.67. The van der Waals surface area contributed by atoms with Gasteiger partial charge >= 0.3 is 0 Å². The third-order valence-corrected chi connectivity index (χ3v) is 4.40. The summed E-state index contributed by atoms with van der Waals surface area (Å²) < 4.78 is 7.60. The van der Waals surface area contributed by atoms with Gasteiger partial charge in [-0.25, -0.2) is 0 Å². The number of nitrogens with zero attached hydrogens (tertiary/aromatic N) is 4. The topological polar surface area (TPSA) is 90.9 Å². The molecule has 1 aromatic carbocycles. The van der Waals surface area contributed by atoms with E-state index in [-0.39, 0.29) is 12.1 Å². The second-order valence-corrected chi connectivity index (χ2v) is 6.02. The molecule has 4 rings (SSSR count). The smallest absolute Gasteiger partial charge is 0.227 e. The first-order valence-electron chi connectivity index (χ1n) is 8.10. The molecule has 0 radical (unpaired) electrons. The highest BCUT2D eigenvalue weighted by molar-refractivity contribution is 5.86. The number of hydrogen-bond acceptors (Lipinski definition) is 6. The molecule has 2 atom stereocenters. The number of anilines is 2. The first-order valence-corrected chi connectivity index (χ1v) is 8.10. The highest BCUT2D eigenvalue weighted by Gasteiger charge is 2.28. The van der Waals surface area contributed by atoms with E-state index in [1.165, 1.54) is 0 Å². The highest BCUT2D eigenvalue weighted by atomic mass is 16.5. The van der Waals surface area contributed by atoms with Gasteiger partial charge in [0.25, 0.3) is 0 Å². The van der Waals surface area contributed by atoms with Crippen molar-refractivity contribution in [2.75, 3.05) is 17.7 Å². The molecule has 2 aromatic heterocycles. The lowest BCUT2D eigenvalue weighted by molar-refractivity contribution is 0.0952. The van der Waals surface area contributed by atoms with E-state index in [2.05, 4.69) is 32.5 Å². The monoisotopic (exact) mass is 324 g/mol. The zero-order chi connectivity index (χ0) is 16.5. The van der Waals surface area contributed by atoms with E-state index in [0.29, 0.717) is 17.4 Å². The van der Waals surface area contributed by atoms with Crippen molar-refractivity contribution in [2.24, 2.45) is 7.05 Å². The quantitative estimate of drug-likeness (QED) is 0.765. The summed E-state index contributed by atoms with van der Waals surface area (Å²) in [7, 11) is 1.84. The molecule has 0 amide bonds. The summed E-state index contributed by atoms with van der Waals surface area (Å²) in [6.07, 6.45) is 3.86. The average molecular weight is 324 g/mol. The maximum absolute atomic E-state index is 6.06. The minimum Gasteiger partial charge on any atom is -0.383 e. The average Bonchev–Trinajstić information content (AvgIpc) is 3.24. The number of hydrogen-bond donors (Lipinski definition) is 2. The largest absolute Gasteiger partial charge is 0.383 e. The summed E-state index contributed by atoms with van der Waals surface area (Å²) in [5, 5.41) is 8.37. The molecule has 0 bridgehead atoms. The number of rotatable bonds is 4. The van der Waals surface area contributed by atoms with Crippen molar-refractivity contribution in [2.45, 2.75) is 25.0 Å². The molecule has 1 aliphatic rings. The Kier molecular flexibility index (Phi) is 3.78. The van der Waals surface area contributed by atoms with E-state index in [1.54, 1.807) is 10.9 Å². The maximum Gasteiger partial charge on any atom is 0.227 e. The Hall–Kier alpha value is -2.67. The van der Waals surface area contributed by atoms with Crippen molar-refractivity contribution >= 4 is 22.8 Å². The van der Waals surface area contributed by atoms with Crippen LogP contribution in [0.25, 0.3) is 11.0 Å². The molecule has 1 fully saturated rings. The summed E-state index contributed by atoms with van der Waals surface area (Å²) in [5.74, 6) is 0.919. The van der Waals surface area contributed by atoms with Crippen LogP contribution in [-0.4, -0.2) is 32.5 Å². The number of fused-ring (bicyclic) bond motifs is 1. The number of nitrogen functional groups attached to an aromatic ring is 1. The van der Waals surface area contributed by atoms with E-state index >= 15 is 0 Å². The zero-order valence-corrected chi connectivity index (χ0v) is 13.5. The predicted molar refractivity (Wildman–Crippen MR) is 92.5 cm³/mol. The molecule has 7 nitrogen and oxygen atoms in total. The molecule has 3 N–H and O–H groups in total. The Morgan fingerprint density at radius 2 is 2.12 bits per heavy atom. The van der Waals surface area contributed by atoms with Crippen molar-refractivity contribution in [1.82, 2.24) is 19.7 Å². The number of nitrogens with two attached hydrogens (primary N) is 1. The molecule has 1 saturated heterocycles. The van der Waals surface area contributed by atoms with Crippen LogP contribution in [0.2, 0.25) is 0 Å². The molecule has 0 spiro atoms. The molecular weight excluding hydrogens is 304 g/mol. The van der Waals surface area contributed by atoms with Crippen molar-refractivity contribution in [3.05, 3.63) is 42.1 Å². The lowest BCUT2D eigenvalue weighted by Gasteiger charge is -2.24. The summed E-state index contributed by atoms with van der Waals surface area (Å²) in [4.78, 5) is 8.97. The van der Waals surface area contributed by atoms with E-state index in [4.69, 9.17) is 10.5 Å². The molecule has 0 saturated carbocycles. The first kappa shape index (κ1) is 14.9. The Morgan fingerprint density at radius 3 is 2.88 bits per heavy atom.